The van der Waals surface area contributed by atoms with E-state index in [0.29, 0.717) is 5.56 Å². The fraction of sp³-hybridized carbons (Fsp3) is 0.375. The van der Waals surface area contributed by atoms with Crippen molar-refractivity contribution in [2.75, 3.05) is 13.7 Å². The van der Waals surface area contributed by atoms with Gasteiger partial charge in [0.25, 0.3) is 5.91 Å². The van der Waals surface area contributed by atoms with Crippen molar-refractivity contribution in [3.05, 3.63) is 71.8 Å². The van der Waals surface area contributed by atoms with E-state index < -0.39 is 23.5 Å². The summed E-state index contributed by atoms with van der Waals surface area (Å²) in [6, 6.07) is 18.1. The summed E-state index contributed by atoms with van der Waals surface area (Å²) in [7, 11) is 1.31. The van der Waals surface area contributed by atoms with Gasteiger partial charge in [-0.15, -0.1) is 0 Å². The van der Waals surface area contributed by atoms with Crippen LogP contribution in [0.3, 0.4) is 0 Å². The van der Waals surface area contributed by atoms with Crippen molar-refractivity contribution < 1.29 is 23.9 Å². The number of hydrogen-bond acceptors (Lipinski definition) is 5. The van der Waals surface area contributed by atoms with E-state index in [9.17, 15) is 14.4 Å². The predicted molar refractivity (Wildman–Crippen MR) is 112 cm³/mol. The van der Waals surface area contributed by atoms with Crippen LogP contribution in [0.4, 0.5) is 0 Å². The molecule has 0 radical (unpaired) electrons. The molecule has 0 spiro atoms. The molecule has 1 saturated heterocycles. The summed E-state index contributed by atoms with van der Waals surface area (Å²) < 4.78 is 10.7. The van der Waals surface area contributed by atoms with Crippen LogP contribution in [0.1, 0.15) is 36.2 Å². The molecule has 2 aromatic carbocycles. The molecule has 30 heavy (non-hydrogen) atoms. The van der Waals surface area contributed by atoms with Crippen LogP contribution in [-0.4, -0.2) is 48.4 Å². The second-order valence-corrected chi connectivity index (χ2v) is 7.94. The van der Waals surface area contributed by atoms with E-state index in [1.807, 2.05) is 62.4 Å². The largest absolute Gasteiger partial charge is 0.469 e. The fourth-order valence-electron chi connectivity index (χ4n) is 3.87. The third-order valence-electron chi connectivity index (χ3n) is 5.57. The molecular formula is C24H27NO5. The van der Waals surface area contributed by atoms with Gasteiger partial charge in [0, 0.05) is 12.1 Å². The van der Waals surface area contributed by atoms with Crippen LogP contribution < -0.4 is 0 Å². The lowest BCUT2D eigenvalue weighted by atomic mass is 9.70. The molecule has 0 N–H and O–H groups in total. The molecule has 0 aliphatic carbocycles. The highest BCUT2D eigenvalue weighted by Gasteiger charge is 2.57. The van der Waals surface area contributed by atoms with Gasteiger partial charge < -0.3 is 14.4 Å². The number of benzene rings is 2. The summed E-state index contributed by atoms with van der Waals surface area (Å²) in [5, 5.41) is 0. The van der Waals surface area contributed by atoms with E-state index in [-0.39, 0.29) is 31.3 Å². The first-order valence-electron chi connectivity index (χ1n) is 9.99. The first-order valence-corrected chi connectivity index (χ1v) is 9.99. The molecule has 0 aromatic heterocycles. The minimum atomic E-state index is -0.896. The number of rotatable bonds is 9. The normalized spacial score (nSPS) is 18.6. The molecule has 1 fully saturated rings. The molecule has 0 saturated carbocycles. The molecule has 6 nitrogen and oxygen atoms in total. The highest BCUT2D eigenvalue weighted by atomic mass is 16.5. The van der Waals surface area contributed by atoms with Gasteiger partial charge in [0.2, 0.25) is 0 Å². The maximum Gasteiger partial charge on any atom is 0.307 e. The summed E-state index contributed by atoms with van der Waals surface area (Å²) in [4.78, 5) is 39.3. The second-order valence-electron chi connectivity index (χ2n) is 7.94. The van der Waals surface area contributed by atoms with Crippen molar-refractivity contribution in [3.63, 3.8) is 0 Å². The number of ketones is 1. The molecular weight excluding hydrogens is 382 g/mol. The molecule has 2 atom stereocenters. The number of Topliss-reactive ketones (excluding diaryl/α,β-unsaturated/α-hetero) is 1. The van der Waals surface area contributed by atoms with Crippen molar-refractivity contribution in [2.45, 2.75) is 39.0 Å². The van der Waals surface area contributed by atoms with Gasteiger partial charge in [-0.2, -0.15) is 0 Å². The summed E-state index contributed by atoms with van der Waals surface area (Å²) in [5.74, 6) is -0.687. The van der Waals surface area contributed by atoms with Crippen molar-refractivity contribution in [2.24, 2.45) is 5.41 Å². The Morgan fingerprint density at radius 3 is 2.20 bits per heavy atom. The zero-order valence-corrected chi connectivity index (χ0v) is 17.5. The van der Waals surface area contributed by atoms with Crippen molar-refractivity contribution in [1.82, 2.24) is 4.90 Å². The summed E-state index contributed by atoms with van der Waals surface area (Å²) in [6.07, 6.45) is -0.676. The Kier molecular flexibility index (Phi) is 6.67. The van der Waals surface area contributed by atoms with Crippen molar-refractivity contribution in [3.8, 4) is 0 Å². The van der Waals surface area contributed by atoms with Crippen LogP contribution in [-0.2, 0) is 25.7 Å². The van der Waals surface area contributed by atoms with Crippen LogP contribution in [0.25, 0.3) is 0 Å². The Hall–Kier alpha value is -2.99. The molecule has 2 aromatic rings. The molecule has 1 aliphatic rings. The standard InChI is InChI=1S/C24H27NO5/c1-24(2,22(27)18-12-8-5-9-13-18)21-20(30-16-17-10-6-4-7-11-17)23(28)25(21)15-14-19(26)29-3/h4-13,20-21H,14-16H2,1-3H3/t20-,21-/m1/s1. The summed E-state index contributed by atoms with van der Waals surface area (Å²) in [5.41, 5.74) is 0.632. The fourth-order valence-corrected chi connectivity index (χ4v) is 3.87. The zero-order valence-electron chi connectivity index (χ0n) is 17.5. The van der Waals surface area contributed by atoms with E-state index in [0.717, 1.165) is 5.56 Å². The molecule has 158 valence electrons. The number of methoxy groups -OCH3 is 1. The number of likely N-dealkylation sites (tertiary alicyclic amines) is 1. The lowest BCUT2D eigenvalue weighted by molar-refractivity contribution is -0.185. The van der Waals surface area contributed by atoms with Crippen LogP contribution >= 0.6 is 0 Å². The number of β-lactam (4-membered cyclic amide) rings is 1. The van der Waals surface area contributed by atoms with Gasteiger partial charge in [-0.3, -0.25) is 14.4 Å². The Bertz CT molecular complexity index is 894. The number of amides is 1. The molecule has 1 amide bonds. The second kappa shape index (κ2) is 9.22. The Balaban J connectivity index is 1.81. The van der Waals surface area contributed by atoms with E-state index >= 15 is 0 Å². The van der Waals surface area contributed by atoms with Gasteiger partial charge >= 0.3 is 5.97 Å². The Morgan fingerprint density at radius 1 is 1.00 bits per heavy atom. The van der Waals surface area contributed by atoms with Gasteiger partial charge in [-0.05, 0) is 5.56 Å². The van der Waals surface area contributed by atoms with Crippen molar-refractivity contribution >= 4 is 17.7 Å². The summed E-state index contributed by atoms with van der Waals surface area (Å²) in [6.45, 7) is 4.11. The minimum absolute atomic E-state index is 0.0692. The quantitative estimate of drug-likeness (QED) is 0.361. The summed E-state index contributed by atoms with van der Waals surface area (Å²) >= 11 is 0. The number of nitrogens with zero attached hydrogens (tertiary/aromatic N) is 1. The van der Waals surface area contributed by atoms with E-state index in [1.54, 1.807) is 17.0 Å². The third kappa shape index (κ3) is 4.44. The average Bonchev–Trinajstić information content (AvgIpc) is 2.77. The van der Waals surface area contributed by atoms with Gasteiger partial charge in [0.05, 0.1) is 31.6 Å². The minimum Gasteiger partial charge on any atom is -0.469 e. The molecule has 1 heterocycles. The van der Waals surface area contributed by atoms with Crippen molar-refractivity contribution in [1.29, 1.82) is 0 Å². The monoisotopic (exact) mass is 409 g/mol. The lowest BCUT2D eigenvalue weighted by Gasteiger charge is -2.53. The van der Waals surface area contributed by atoms with Gasteiger partial charge in [0.15, 0.2) is 11.9 Å². The topological polar surface area (TPSA) is 72.9 Å². The van der Waals surface area contributed by atoms with E-state index in [2.05, 4.69) is 0 Å². The Morgan fingerprint density at radius 2 is 1.60 bits per heavy atom. The predicted octanol–water partition coefficient (Wildman–Crippen LogP) is 3.25. The number of hydrogen-bond donors (Lipinski definition) is 0. The number of carbonyl (C=O) groups is 3. The average molecular weight is 409 g/mol. The van der Waals surface area contributed by atoms with E-state index in [4.69, 9.17) is 9.47 Å². The van der Waals surface area contributed by atoms with E-state index in [1.165, 1.54) is 7.11 Å². The van der Waals surface area contributed by atoms with Crippen LogP contribution in [0.15, 0.2) is 60.7 Å². The molecule has 6 heteroatoms. The number of esters is 1. The maximum absolute atomic E-state index is 13.3. The zero-order chi connectivity index (χ0) is 21.7. The van der Waals surface area contributed by atoms with Crippen LogP contribution in [0, 0.1) is 5.41 Å². The Labute approximate surface area is 176 Å². The smallest absolute Gasteiger partial charge is 0.307 e. The van der Waals surface area contributed by atoms with Crippen LogP contribution in [0.2, 0.25) is 0 Å². The first kappa shape index (κ1) is 21.7. The molecule has 0 unspecified atom stereocenters. The first-order chi connectivity index (χ1) is 14.4. The van der Waals surface area contributed by atoms with Crippen LogP contribution in [0.5, 0.6) is 0 Å². The molecule has 3 rings (SSSR count). The molecule has 1 aliphatic heterocycles. The third-order valence-corrected chi connectivity index (χ3v) is 5.57. The van der Waals surface area contributed by atoms with Gasteiger partial charge in [-0.25, -0.2) is 0 Å². The lowest BCUT2D eigenvalue weighted by Crippen LogP contribution is -2.71. The van der Waals surface area contributed by atoms with Gasteiger partial charge in [0.1, 0.15) is 0 Å². The number of carbonyl (C=O) groups excluding carboxylic acids is 3. The van der Waals surface area contributed by atoms with Gasteiger partial charge in [-0.1, -0.05) is 74.5 Å². The SMILES string of the molecule is COC(=O)CCN1C(=O)[C@H](OCc2ccccc2)[C@@H]1C(C)(C)C(=O)c1ccccc1. The molecule has 0 bridgehead atoms. The number of ether oxygens (including phenoxy) is 2. The highest BCUT2D eigenvalue weighted by Crippen LogP contribution is 2.40. The maximum atomic E-state index is 13.3. The highest BCUT2D eigenvalue weighted by molar-refractivity contribution is 6.03.